The summed E-state index contributed by atoms with van der Waals surface area (Å²) in [6, 6.07) is 13.3. The fourth-order valence-electron chi connectivity index (χ4n) is 3.30. The summed E-state index contributed by atoms with van der Waals surface area (Å²) in [6.45, 7) is 0.187. The summed E-state index contributed by atoms with van der Waals surface area (Å²) < 4.78 is 10.8. The lowest BCUT2D eigenvalue weighted by Crippen LogP contribution is -2.30. The first-order chi connectivity index (χ1) is 13.6. The predicted octanol–water partition coefficient (Wildman–Crippen LogP) is 4.13. The second-order valence-electron chi connectivity index (χ2n) is 6.27. The van der Waals surface area contributed by atoms with Gasteiger partial charge in [-0.05, 0) is 41.3 Å². The number of Topliss-reactive ketones (excluding diaryl/α,β-unsaturated/α-hetero) is 1. The van der Waals surface area contributed by atoms with Gasteiger partial charge in [0.15, 0.2) is 5.76 Å². The lowest BCUT2D eigenvalue weighted by atomic mass is 10.00. The predicted molar refractivity (Wildman–Crippen MR) is 103 cm³/mol. The van der Waals surface area contributed by atoms with Gasteiger partial charge in [0.2, 0.25) is 5.78 Å². The molecule has 0 saturated carbocycles. The molecule has 0 radical (unpaired) electrons. The Kier molecular flexibility index (Phi) is 4.75. The van der Waals surface area contributed by atoms with Crippen LogP contribution in [0.5, 0.6) is 5.75 Å². The summed E-state index contributed by atoms with van der Waals surface area (Å²) in [4.78, 5) is 27.8. The standard InChI is InChI=1S/C21H17NO5S/c1-26-14-6-2-5-13(11-14)12-22-18(15-7-3-9-27-15)17(20(24)21(22)25)19(23)16-8-4-10-28-16/h2-11,18,24H,12H2,1H3. The van der Waals surface area contributed by atoms with Crippen LogP contribution in [-0.4, -0.2) is 28.8 Å². The van der Waals surface area contributed by atoms with Gasteiger partial charge < -0.3 is 19.2 Å². The number of nitrogens with zero attached hydrogens (tertiary/aromatic N) is 1. The minimum atomic E-state index is -0.802. The zero-order valence-electron chi connectivity index (χ0n) is 15.0. The van der Waals surface area contributed by atoms with Crippen LogP contribution in [0.4, 0.5) is 0 Å². The van der Waals surface area contributed by atoms with Crippen molar-refractivity contribution in [2.75, 3.05) is 7.11 Å². The molecule has 0 fully saturated rings. The number of amides is 1. The van der Waals surface area contributed by atoms with Crippen LogP contribution >= 0.6 is 11.3 Å². The minimum Gasteiger partial charge on any atom is -0.503 e. The summed E-state index contributed by atoms with van der Waals surface area (Å²) >= 11 is 1.26. The van der Waals surface area contributed by atoms with Crippen LogP contribution in [0.25, 0.3) is 0 Å². The van der Waals surface area contributed by atoms with Crippen LogP contribution in [-0.2, 0) is 11.3 Å². The van der Waals surface area contributed by atoms with E-state index >= 15 is 0 Å². The Morgan fingerprint density at radius 1 is 1.25 bits per heavy atom. The molecule has 4 rings (SSSR count). The number of aliphatic hydroxyl groups is 1. The van der Waals surface area contributed by atoms with Crippen LogP contribution in [0.2, 0.25) is 0 Å². The Hall–Kier alpha value is -3.32. The Labute approximate surface area is 165 Å². The summed E-state index contributed by atoms with van der Waals surface area (Å²) in [5.74, 6) is -0.451. The van der Waals surface area contributed by atoms with E-state index in [0.717, 1.165) is 5.56 Å². The summed E-state index contributed by atoms with van der Waals surface area (Å²) in [6.07, 6.45) is 1.48. The maximum absolute atomic E-state index is 13.0. The van der Waals surface area contributed by atoms with Gasteiger partial charge in [0.05, 0.1) is 23.8 Å². The SMILES string of the molecule is COc1cccc(CN2C(=O)C(O)=C(C(=O)c3cccs3)C2c2ccco2)c1. The zero-order valence-corrected chi connectivity index (χ0v) is 15.8. The number of hydrogen-bond acceptors (Lipinski definition) is 6. The smallest absolute Gasteiger partial charge is 0.290 e. The number of carbonyl (C=O) groups excluding carboxylic acids is 2. The number of methoxy groups -OCH3 is 1. The molecule has 1 aromatic carbocycles. The number of rotatable bonds is 6. The second kappa shape index (κ2) is 7.36. The molecule has 1 aliphatic rings. The van der Waals surface area contributed by atoms with Crippen molar-refractivity contribution in [3.63, 3.8) is 0 Å². The monoisotopic (exact) mass is 395 g/mol. The maximum Gasteiger partial charge on any atom is 0.290 e. The van der Waals surface area contributed by atoms with Gasteiger partial charge in [-0.25, -0.2) is 0 Å². The topological polar surface area (TPSA) is 80.0 Å². The molecule has 1 amide bonds. The molecule has 1 N–H and O–H groups in total. The summed E-state index contributed by atoms with van der Waals surface area (Å²) in [7, 11) is 1.57. The number of aliphatic hydroxyl groups excluding tert-OH is 1. The van der Waals surface area contributed by atoms with Gasteiger partial charge in [-0.2, -0.15) is 0 Å². The first-order valence-electron chi connectivity index (χ1n) is 8.58. The molecular formula is C21H17NO5S. The highest BCUT2D eigenvalue weighted by Gasteiger charge is 2.45. The van der Waals surface area contributed by atoms with Gasteiger partial charge in [0.25, 0.3) is 5.91 Å². The maximum atomic E-state index is 13.0. The van der Waals surface area contributed by atoms with E-state index in [1.165, 1.54) is 22.5 Å². The first-order valence-corrected chi connectivity index (χ1v) is 9.46. The minimum absolute atomic E-state index is 0.0327. The number of ketones is 1. The number of carbonyl (C=O) groups is 2. The molecule has 1 aliphatic heterocycles. The van der Waals surface area contributed by atoms with E-state index in [4.69, 9.17) is 9.15 Å². The Bertz CT molecular complexity index is 1040. The van der Waals surface area contributed by atoms with Crippen molar-refractivity contribution in [2.45, 2.75) is 12.6 Å². The molecule has 0 aliphatic carbocycles. The molecule has 1 atom stereocenters. The number of hydrogen-bond donors (Lipinski definition) is 1. The highest BCUT2D eigenvalue weighted by Crippen LogP contribution is 2.40. The molecule has 142 valence electrons. The third-order valence-electron chi connectivity index (χ3n) is 4.59. The second-order valence-corrected chi connectivity index (χ2v) is 7.22. The quantitative estimate of drug-likeness (QED) is 0.635. The van der Waals surface area contributed by atoms with Crippen molar-refractivity contribution in [1.29, 1.82) is 0 Å². The lowest BCUT2D eigenvalue weighted by Gasteiger charge is -2.25. The molecule has 2 aromatic heterocycles. The van der Waals surface area contributed by atoms with Gasteiger partial charge in [-0.15, -0.1) is 11.3 Å². The fraction of sp³-hybridized carbons (Fsp3) is 0.143. The molecule has 0 spiro atoms. The van der Waals surface area contributed by atoms with Gasteiger partial charge in [-0.3, -0.25) is 9.59 Å². The Balaban J connectivity index is 1.75. The van der Waals surface area contributed by atoms with Crippen molar-refractivity contribution in [2.24, 2.45) is 0 Å². The number of benzene rings is 1. The molecule has 1 unspecified atom stereocenters. The number of ether oxygens (including phenoxy) is 1. The van der Waals surface area contributed by atoms with Gasteiger partial charge in [0.1, 0.15) is 17.6 Å². The summed E-state index contributed by atoms with van der Waals surface area (Å²) in [5, 5.41) is 12.3. The average molecular weight is 395 g/mol. The fourth-order valence-corrected chi connectivity index (χ4v) is 3.98. The van der Waals surface area contributed by atoms with E-state index in [9.17, 15) is 14.7 Å². The molecule has 0 bridgehead atoms. The van der Waals surface area contributed by atoms with E-state index in [2.05, 4.69) is 0 Å². The van der Waals surface area contributed by atoms with Gasteiger partial charge >= 0.3 is 0 Å². The zero-order chi connectivity index (χ0) is 19.7. The third kappa shape index (κ3) is 3.10. The van der Waals surface area contributed by atoms with Crippen LogP contribution in [0, 0.1) is 0 Å². The van der Waals surface area contributed by atoms with Crippen LogP contribution in [0.3, 0.4) is 0 Å². The Morgan fingerprint density at radius 2 is 2.11 bits per heavy atom. The van der Waals surface area contributed by atoms with E-state index in [-0.39, 0.29) is 17.9 Å². The molecule has 3 aromatic rings. The van der Waals surface area contributed by atoms with Gasteiger partial charge in [-0.1, -0.05) is 18.2 Å². The highest BCUT2D eigenvalue weighted by molar-refractivity contribution is 7.12. The number of thiophene rings is 1. The van der Waals surface area contributed by atoms with E-state index in [1.54, 1.807) is 42.8 Å². The van der Waals surface area contributed by atoms with Gasteiger partial charge in [0, 0.05) is 6.54 Å². The van der Waals surface area contributed by atoms with Crippen molar-refractivity contribution in [3.05, 3.63) is 87.7 Å². The normalized spacial score (nSPS) is 16.7. The lowest BCUT2D eigenvalue weighted by molar-refractivity contribution is -0.130. The molecule has 6 nitrogen and oxygen atoms in total. The van der Waals surface area contributed by atoms with E-state index in [1.807, 2.05) is 18.2 Å². The molecular weight excluding hydrogens is 378 g/mol. The average Bonchev–Trinajstić information content (AvgIpc) is 3.46. The van der Waals surface area contributed by atoms with Crippen molar-refractivity contribution in [1.82, 2.24) is 4.90 Å². The molecule has 3 heterocycles. The Morgan fingerprint density at radius 3 is 2.79 bits per heavy atom. The van der Waals surface area contributed by atoms with Crippen molar-refractivity contribution in [3.8, 4) is 5.75 Å². The van der Waals surface area contributed by atoms with Crippen LogP contribution < -0.4 is 4.74 Å². The van der Waals surface area contributed by atoms with E-state index in [0.29, 0.717) is 16.4 Å². The molecule has 7 heteroatoms. The molecule has 28 heavy (non-hydrogen) atoms. The number of furan rings is 1. The highest BCUT2D eigenvalue weighted by atomic mass is 32.1. The third-order valence-corrected chi connectivity index (χ3v) is 5.46. The summed E-state index contributed by atoms with van der Waals surface area (Å²) in [5.41, 5.74) is 0.840. The van der Waals surface area contributed by atoms with Crippen LogP contribution in [0.1, 0.15) is 27.0 Å². The largest absolute Gasteiger partial charge is 0.503 e. The molecule has 0 saturated heterocycles. The first kappa shape index (κ1) is 18.1. The van der Waals surface area contributed by atoms with E-state index < -0.39 is 17.7 Å². The van der Waals surface area contributed by atoms with Crippen molar-refractivity contribution >= 4 is 23.0 Å². The van der Waals surface area contributed by atoms with Crippen molar-refractivity contribution < 1.29 is 23.8 Å². The van der Waals surface area contributed by atoms with Crippen LogP contribution in [0.15, 0.2) is 75.9 Å².